The molecule has 1 aliphatic rings. The topological polar surface area (TPSA) is 87.7 Å². The van der Waals surface area contributed by atoms with Gasteiger partial charge in [-0.1, -0.05) is 26.0 Å². The lowest BCUT2D eigenvalue weighted by atomic mass is 9.92. The van der Waals surface area contributed by atoms with Crippen LogP contribution >= 0.6 is 0 Å². The van der Waals surface area contributed by atoms with Crippen LogP contribution in [0.15, 0.2) is 24.3 Å². The first kappa shape index (κ1) is 18.8. The van der Waals surface area contributed by atoms with Crippen LogP contribution < -0.4 is 15.4 Å². The lowest BCUT2D eigenvalue weighted by molar-refractivity contribution is -0.135. The predicted octanol–water partition coefficient (Wildman–Crippen LogP) is 1.62. The molecule has 1 aliphatic heterocycles. The van der Waals surface area contributed by atoms with Gasteiger partial charge in [-0.05, 0) is 37.5 Å². The lowest BCUT2D eigenvalue weighted by Crippen LogP contribution is -2.45. The number of methoxy groups -OCH3 is 1. The van der Waals surface area contributed by atoms with Crippen molar-refractivity contribution in [2.45, 2.75) is 39.3 Å². The molecule has 7 heteroatoms. The molecule has 7 nitrogen and oxygen atoms in total. The quantitative estimate of drug-likeness (QED) is 0.766. The zero-order chi connectivity index (χ0) is 18.8. The average molecular weight is 347 g/mol. The van der Waals surface area contributed by atoms with Crippen LogP contribution in [0.4, 0.5) is 4.79 Å². The fourth-order valence-electron chi connectivity index (χ4n) is 2.57. The lowest BCUT2D eigenvalue weighted by Gasteiger charge is -2.23. The molecule has 0 aromatic heterocycles. The molecule has 136 valence electrons. The summed E-state index contributed by atoms with van der Waals surface area (Å²) in [5.41, 5.74) is -0.571. The van der Waals surface area contributed by atoms with Gasteiger partial charge in [-0.15, -0.1) is 0 Å². The fourth-order valence-corrected chi connectivity index (χ4v) is 2.57. The summed E-state index contributed by atoms with van der Waals surface area (Å²) in [6.45, 7) is 7.19. The predicted molar refractivity (Wildman–Crippen MR) is 93.0 cm³/mol. The number of nitrogens with one attached hydrogen (secondary N) is 2. The SMILES string of the molecule is COc1ccc(C2(C)NC(=O)N(CC(=O)NC(C)C(C)C)C2=O)cc1. The van der Waals surface area contributed by atoms with E-state index in [0.717, 1.165) is 4.90 Å². The molecule has 4 amide bonds. The van der Waals surface area contributed by atoms with Gasteiger partial charge in [-0.2, -0.15) is 0 Å². The average Bonchev–Trinajstić information content (AvgIpc) is 2.79. The van der Waals surface area contributed by atoms with Crippen LogP contribution in [0.25, 0.3) is 0 Å². The molecule has 1 saturated heterocycles. The van der Waals surface area contributed by atoms with Gasteiger partial charge in [0, 0.05) is 6.04 Å². The Hall–Kier alpha value is -2.57. The van der Waals surface area contributed by atoms with E-state index >= 15 is 0 Å². The van der Waals surface area contributed by atoms with Crippen LogP contribution in [-0.2, 0) is 15.1 Å². The number of benzene rings is 1. The number of rotatable bonds is 6. The fraction of sp³-hybridized carbons (Fsp3) is 0.500. The zero-order valence-electron chi connectivity index (χ0n) is 15.3. The molecule has 2 rings (SSSR count). The van der Waals surface area contributed by atoms with Gasteiger partial charge in [0.25, 0.3) is 5.91 Å². The van der Waals surface area contributed by atoms with E-state index in [1.165, 1.54) is 0 Å². The highest BCUT2D eigenvalue weighted by molar-refractivity contribution is 6.09. The van der Waals surface area contributed by atoms with Crippen LogP contribution in [0.1, 0.15) is 33.3 Å². The highest BCUT2D eigenvalue weighted by Crippen LogP contribution is 2.29. The summed E-state index contributed by atoms with van der Waals surface area (Å²) in [7, 11) is 1.55. The van der Waals surface area contributed by atoms with Crippen LogP contribution in [-0.4, -0.2) is 42.4 Å². The highest BCUT2D eigenvalue weighted by atomic mass is 16.5. The summed E-state index contributed by atoms with van der Waals surface area (Å²) < 4.78 is 5.11. The first-order valence-electron chi connectivity index (χ1n) is 8.27. The Labute approximate surface area is 147 Å². The van der Waals surface area contributed by atoms with E-state index in [2.05, 4.69) is 10.6 Å². The normalized spacial score (nSPS) is 21.3. The largest absolute Gasteiger partial charge is 0.497 e. The number of hydrogen-bond donors (Lipinski definition) is 2. The molecule has 1 fully saturated rings. The van der Waals surface area contributed by atoms with E-state index in [9.17, 15) is 14.4 Å². The second kappa shape index (κ2) is 7.13. The number of imide groups is 1. The minimum Gasteiger partial charge on any atom is -0.497 e. The number of carbonyl (C=O) groups is 3. The van der Waals surface area contributed by atoms with E-state index in [-0.39, 0.29) is 24.4 Å². The molecule has 0 aliphatic carbocycles. The van der Waals surface area contributed by atoms with Crippen molar-refractivity contribution in [1.82, 2.24) is 15.5 Å². The second-order valence-corrected chi connectivity index (χ2v) is 6.78. The van der Waals surface area contributed by atoms with Crippen molar-refractivity contribution in [2.24, 2.45) is 5.92 Å². The van der Waals surface area contributed by atoms with E-state index in [0.29, 0.717) is 11.3 Å². The van der Waals surface area contributed by atoms with Gasteiger partial charge in [0.1, 0.15) is 17.8 Å². The van der Waals surface area contributed by atoms with Gasteiger partial charge < -0.3 is 15.4 Å². The molecule has 1 aromatic carbocycles. The van der Waals surface area contributed by atoms with Crippen LogP contribution in [0.2, 0.25) is 0 Å². The van der Waals surface area contributed by atoms with Gasteiger partial charge in [0.05, 0.1) is 7.11 Å². The standard InChI is InChI=1S/C18H25N3O4/c1-11(2)12(3)19-15(22)10-21-16(23)18(4,20-17(21)24)13-6-8-14(25-5)9-7-13/h6-9,11-12H,10H2,1-5H3,(H,19,22)(H,20,24). The van der Waals surface area contributed by atoms with Crippen molar-refractivity contribution in [3.05, 3.63) is 29.8 Å². The third-order valence-corrected chi connectivity index (χ3v) is 4.63. The Bertz CT molecular complexity index is 671. The van der Waals surface area contributed by atoms with Gasteiger partial charge >= 0.3 is 6.03 Å². The summed E-state index contributed by atoms with van der Waals surface area (Å²) in [4.78, 5) is 38.1. The van der Waals surface area contributed by atoms with Gasteiger partial charge in [-0.25, -0.2) is 4.79 Å². The second-order valence-electron chi connectivity index (χ2n) is 6.78. The maximum absolute atomic E-state index is 12.8. The first-order chi connectivity index (χ1) is 11.7. The Kier molecular flexibility index (Phi) is 5.35. The smallest absolute Gasteiger partial charge is 0.325 e. The van der Waals surface area contributed by atoms with Gasteiger partial charge in [-0.3, -0.25) is 14.5 Å². The Morgan fingerprint density at radius 3 is 2.36 bits per heavy atom. The summed E-state index contributed by atoms with van der Waals surface area (Å²) in [5.74, 6) is 0.110. The van der Waals surface area contributed by atoms with Crippen molar-refractivity contribution in [2.75, 3.05) is 13.7 Å². The third kappa shape index (κ3) is 3.75. The molecule has 2 unspecified atom stereocenters. The van der Waals surface area contributed by atoms with Gasteiger partial charge in [0.2, 0.25) is 5.91 Å². The highest BCUT2D eigenvalue weighted by Gasteiger charge is 2.49. The number of nitrogens with zero attached hydrogens (tertiary/aromatic N) is 1. The maximum Gasteiger partial charge on any atom is 0.325 e. The van der Waals surface area contributed by atoms with E-state index in [1.807, 2.05) is 20.8 Å². The van der Waals surface area contributed by atoms with Crippen molar-refractivity contribution >= 4 is 17.8 Å². The molecular weight excluding hydrogens is 322 g/mol. The monoisotopic (exact) mass is 347 g/mol. The molecule has 2 atom stereocenters. The number of amides is 4. The molecule has 1 aromatic rings. The van der Waals surface area contributed by atoms with E-state index in [4.69, 9.17) is 4.74 Å². The van der Waals surface area contributed by atoms with Crippen molar-refractivity contribution in [1.29, 1.82) is 0 Å². The molecule has 0 bridgehead atoms. The Morgan fingerprint density at radius 2 is 1.84 bits per heavy atom. The molecular formula is C18H25N3O4. The van der Waals surface area contributed by atoms with Crippen molar-refractivity contribution in [3.8, 4) is 5.75 Å². The first-order valence-corrected chi connectivity index (χ1v) is 8.27. The zero-order valence-corrected chi connectivity index (χ0v) is 15.3. The van der Waals surface area contributed by atoms with E-state index < -0.39 is 17.5 Å². The Morgan fingerprint density at radius 1 is 1.24 bits per heavy atom. The summed E-state index contributed by atoms with van der Waals surface area (Å²) >= 11 is 0. The molecule has 1 heterocycles. The number of urea groups is 1. The van der Waals surface area contributed by atoms with Crippen LogP contribution in [0.5, 0.6) is 5.75 Å². The molecule has 2 N–H and O–H groups in total. The minimum atomic E-state index is -1.20. The number of ether oxygens (including phenoxy) is 1. The molecule has 25 heavy (non-hydrogen) atoms. The third-order valence-electron chi connectivity index (χ3n) is 4.63. The Balaban J connectivity index is 2.14. The maximum atomic E-state index is 12.8. The van der Waals surface area contributed by atoms with Crippen LogP contribution in [0.3, 0.4) is 0 Å². The van der Waals surface area contributed by atoms with Crippen molar-refractivity contribution < 1.29 is 19.1 Å². The van der Waals surface area contributed by atoms with E-state index in [1.54, 1.807) is 38.3 Å². The number of hydrogen-bond acceptors (Lipinski definition) is 4. The molecule has 0 spiro atoms. The number of carbonyl (C=O) groups excluding carboxylic acids is 3. The summed E-state index contributed by atoms with van der Waals surface area (Å²) in [6, 6.07) is 6.28. The molecule has 0 radical (unpaired) electrons. The summed E-state index contributed by atoms with van der Waals surface area (Å²) in [5, 5.41) is 5.48. The van der Waals surface area contributed by atoms with Gasteiger partial charge in [0.15, 0.2) is 0 Å². The summed E-state index contributed by atoms with van der Waals surface area (Å²) in [6.07, 6.45) is 0. The van der Waals surface area contributed by atoms with Crippen LogP contribution in [0, 0.1) is 5.92 Å². The molecule has 0 saturated carbocycles. The van der Waals surface area contributed by atoms with Crippen molar-refractivity contribution in [3.63, 3.8) is 0 Å². The minimum absolute atomic E-state index is 0.0405.